The van der Waals surface area contributed by atoms with Gasteiger partial charge < -0.3 is 4.74 Å². The third kappa shape index (κ3) is 1.61. The van der Waals surface area contributed by atoms with E-state index in [0.717, 1.165) is 17.8 Å². The van der Waals surface area contributed by atoms with Crippen LogP contribution in [0.5, 0.6) is 0 Å². The molecule has 76 valence electrons. The zero-order valence-electron chi connectivity index (χ0n) is 8.96. The minimum Gasteiger partial charge on any atom is -0.487 e. The molecular weight excluding hydrogens is 176 g/mol. The summed E-state index contributed by atoms with van der Waals surface area (Å²) in [6.45, 7) is 6.12. The molecule has 0 saturated heterocycles. The van der Waals surface area contributed by atoms with Crippen molar-refractivity contribution in [2.75, 3.05) is 0 Å². The van der Waals surface area contributed by atoms with Gasteiger partial charge in [-0.15, -0.1) is 0 Å². The topological polar surface area (TPSA) is 26.3 Å². The lowest BCUT2D eigenvalue weighted by atomic mass is 9.86. The van der Waals surface area contributed by atoms with Crippen LogP contribution in [0.25, 0.3) is 0 Å². The summed E-state index contributed by atoms with van der Waals surface area (Å²) in [6, 6.07) is 0. The second-order valence-corrected chi connectivity index (χ2v) is 4.81. The molecule has 0 bridgehead atoms. The van der Waals surface area contributed by atoms with Gasteiger partial charge in [0.15, 0.2) is 5.78 Å². The largest absolute Gasteiger partial charge is 0.487 e. The van der Waals surface area contributed by atoms with Crippen molar-refractivity contribution in [2.24, 2.45) is 5.92 Å². The summed E-state index contributed by atoms with van der Waals surface area (Å²) in [7, 11) is 0. The van der Waals surface area contributed by atoms with Gasteiger partial charge in [0.25, 0.3) is 0 Å². The van der Waals surface area contributed by atoms with Crippen LogP contribution >= 0.6 is 0 Å². The molecule has 1 atom stereocenters. The van der Waals surface area contributed by atoms with Crippen molar-refractivity contribution in [3.63, 3.8) is 0 Å². The van der Waals surface area contributed by atoms with E-state index in [1.165, 1.54) is 0 Å². The highest BCUT2D eigenvalue weighted by Gasteiger charge is 2.31. The lowest BCUT2D eigenvalue weighted by Gasteiger charge is -2.33. The average Bonchev–Trinajstić information content (AvgIpc) is 2.00. The first-order valence-electron chi connectivity index (χ1n) is 5.12. The number of rotatable bonds is 0. The number of ketones is 1. The lowest BCUT2D eigenvalue weighted by Crippen LogP contribution is -2.29. The Bertz CT molecular complexity index is 334. The standard InChI is InChI=1S/C12H16O2/c1-8-6-10(13)9-4-5-12(2,3)14-11(9)7-8/h4-5,8H,6-7H2,1-3H3/t8-/m1/s1. The van der Waals surface area contributed by atoms with Crippen LogP contribution in [0, 0.1) is 5.92 Å². The van der Waals surface area contributed by atoms with Crippen LogP contribution in [-0.4, -0.2) is 11.4 Å². The Morgan fingerprint density at radius 2 is 2.14 bits per heavy atom. The first-order valence-corrected chi connectivity index (χ1v) is 5.12. The van der Waals surface area contributed by atoms with Gasteiger partial charge in [-0.2, -0.15) is 0 Å². The summed E-state index contributed by atoms with van der Waals surface area (Å²) in [6.07, 6.45) is 5.44. The maximum Gasteiger partial charge on any atom is 0.166 e. The molecule has 0 fully saturated rings. The Labute approximate surface area is 84.6 Å². The van der Waals surface area contributed by atoms with E-state index in [9.17, 15) is 4.79 Å². The number of allylic oxidation sites excluding steroid dienone is 3. The highest BCUT2D eigenvalue weighted by molar-refractivity contribution is 5.99. The third-order valence-electron chi connectivity index (χ3n) is 2.71. The van der Waals surface area contributed by atoms with Crippen LogP contribution in [0.3, 0.4) is 0 Å². The Morgan fingerprint density at radius 3 is 2.86 bits per heavy atom. The Morgan fingerprint density at radius 1 is 1.43 bits per heavy atom. The molecule has 2 heteroatoms. The maximum atomic E-state index is 11.7. The lowest BCUT2D eigenvalue weighted by molar-refractivity contribution is -0.117. The van der Waals surface area contributed by atoms with E-state index in [4.69, 9.17) is 4.74 Å². The normalized spacial score (nSPS) is 29.9. The van der Waals surface area contributed by atoms with Crippen molar-refractivity contribution in [1.82, 2.24) is 0 Å². The van der Waals surface area contributed by atoms with E-state index in [2.05, 4.69) is 6.92 Å². The SMILES string of the molecule is C[C@@H]1CC(=O)C2=C(C1)OC(C)(C)C=C2. The number of hydrogen-bond acceptors (Lipinski definition) is 2. The van der Waals surface area contributed by atoms with Gasteiger partial charge in [0.1, 0.15) is 11.4 Å². The van der Waals surface area contributed by atoms with Crippen molar-refractivity contribution in [1.29, 1.82) is 0 Å². The summed E-state index contributed by atoms with van der Waals surface area (Å²) in [4.78, 5) is 11.7. The van der Waals surface area contributed by atoms with Crippen molar-refractivity contribution in [3.8, 4) is 0 Å². The molecule has 0 aromatic rings. The molecule has 0 radical (unpaired) electrons. The van der Waals surface area contributed by atoms with Crippen molar-refractivity contribution in [3.05, 3.63) is 23.5 Å². The molecule has 2 rings (SSSR count). The fourth-order valence-electron chi connectivity index (χ4n) is 2.00. The molecule has 0 unspecified atom stereocenters. The van der Waals surface area contributed by atoms with Crippen LogP contribution in [0.15, 0.2) is 23.5 Å². The van der Waals surface area contributed by atoms with E-state index in [0.29, 0.717) is 12.3 Å². The van der Waals surface area contributed by atoms with Gasteiger partial charge in [-0.05, 0) is 31.9 Å². The van der Waals surface area contributed by atoms with E-state index in [1.54, 1.807) is 0 Å². The van der Waals surface area contributed by atoms with Crippen LogP contribution in [-0.2, 0) is 9.53 Å². The molecule has 0 saturated carbocycles. The monoisotopic (exact) mass is 192 g/mol. The van der Waals surface area contributed by atoms with Gasteiger partial charge in [0.05, 0.1) is 5.57 Å². The second kappa shape index (κ2) is 2.97. The van der Waals surface area contributed by atoms with E-state index in [-0.39, 0.29) is 11.4 Å². The van der Waals surface area contributed by atoms with E-state index in [1.807, 2.05) is 26.0 Å². The van der Waals surface area contributed by atoms with Gasteiger partial charge in [0.2, 0.25) is 0 Å². The molecule has 0 aromatic heterocycles. The number of hydrogen-bond donors (Lipinski definition) is 0. The third-order valence-corrected chi connectivity index (χ3v) is 2.71. The quantitative estimate of drug-likeness (QED) is 0.589. The fourth-order valence-corrected chi connectivity index (χ4v) is 2.00. The zero-order valence-corrected chi connectivity index (χ0v) is 8.96. The van der Waals surface area contributed by atoms with Crippen molar-refractivity contribution in [2.45, 2.75) is 39.2 Å². The minimum atomic E-state index is -0.254. The average molecular weight is 192 g/mol. The van der Waals surface area contributed by atoms with Crippen molar-refractivity contribution < 1.29 is 9.53 Å². The molecule has 2 aliphatic rings. The molecular formula is C12H16O2. The number of carbonyl (C=O) groups is 1. The first kappa shape index (κ1) is 9.50. The summed E-state index contributed by atoms with van der Waals surface area (Å²) in [5.41, 5.74) is 0.540. The van der Waals surface area contributed by atoms with Crippen LogP contribution in [0.4, 0.5) is 0 Å². The fraction of sp³-hybridized carbons (Fsp3) is 0.583. The van der Waals surface area contributed by atoms with E-state index >= 15 is 0 Å². The molecule has 1 heterocycles. The Kier molecular flexibility index (Phi) is 2.02. The predicted molar refractivity (Wildman–Crippen MR) is 54.7 cm³/mol. The molecule has 1 aliphatic heterocycles. The van der Waals surface area contributed by atoms with Crippen LogP contribution in [0.2, 0.25) is 0 Å². The molecule has 0 aromatic carbocycles. The summed E-state index contributed by atoms with van der Waals surface area (Å²) < 4.78 is 5.79. The highest BCUT2D eigenvalue weighted by atomic mass is 16.5. The van der Waals surface area contributed by atoms with Gasteiger partial charge in [-0.25, -0.2) is 0 Å². The summed E-state index contributed by atoms with van der Waals surface area (Å²) >= 11 is 0. The number of Topliss-reactive ketones (excluding diaryl/α,β-unsaturated/α-hetero) is 1. The van der Waals surface area contributed by atoms with Crippen molar-refractivity contribution >= 4 is 5.78 Å². The molecule has 2 nitrogen and oxygen atoms in total. The zero-order chi connectivity index (χ0) is 10.3. The number of ether oxygens (including phenoxy) is 1. The molecule has 0 amide bonds. The minimum absolute atomic E-state index is 0.227. The Balaban J connectivity index is 2.33. The van der Waals surface area contributed by atoms with Crippen LogP contribution in [0.1, 0.15) is 33.6 Å². The van der Waals surface area contributed by atoms with Gasteiger partial charge in [-0.1, -0.05) is 6.92 Å². The first-order chi connectivity index (χ1) is 6.48. The highest BCUT2D eigenvalue weighted by Crippen LogP contribution is 2.34. The smallest absolute Gasteiger partial charge is 0.166 e. The van der Waals surface area contributed by atoms with E-state index < -0.39 is 0 Å². The molecule has 14 heavy (non-hydrogen) atoms. The summed E-state index contributed by atoms with van der Waals surface area (Å²) in [5, 5.41) is 0. The number of carbonyl (C=O) groups excluding carboxylic acids is 1. The van der Waals surface area contributed by atoms with Gasteiger partial charge >= 0.3 is 0 Å². The molecule has 1 aliphatic carbocycles. The molecule has 0 N–H and O–H groups in total. The summed E-state index contributed by atoms with van der Waals surface area (Å²) in [5.74, 6) is 1.54. The van der Waals surface area contributed by atoms with Gasteiger partial charge in [0, 0.05) is 12.8 Å². The maximum absolute atomic E-state index is 11.7. The molecule has 0 spiro atoms. The van der Waals surface area contributed by atoms with Gasteiger partial charge in [-0.3, -0.25) is 4.79 Å². The Hall–Kier alpha value is -1.05. The van der Waals surface area contributed by atoms with Crippen LogP contribution < -0.4 is 0 Å². The predicted octanol–water partition coefficient (Wildman–Crippen LogP) is 2.60. The second-order valence-electron chi connectivity index (χ2n) is 4.81.